The van der Waals surface area contributed by atoms with E-state index < -0.39 is 0 Å². The van der Waals surface area contributed by atoms with Gasteiger partial charge in [0.1, 0.15) is 5.82 Å². The Hall–Kier alpha value is -1.20. The summed E-state index contributed by atoms with van der Waals surface area (Å²) in [5.41, 5.74) is 0.979. The second-order valence-corrected chi connectivity index (χ2v) is 4.76. The van der Waals surface area contributed by atoms with E-state index >= 15 is 0 Å². The van der Waals surface area contributed by atoms with Gasteiger partial charge in [-0.15, -0.1) is 0 Å². The summed E-state index contributed by atoms with van der Waals surface area (Å²) in [6.07, 6.45) is 6.89. The second-order valence-electron chi connectivity index (χ2n) is 4.76. The highest BCUT2D eigenvalue weighted by Crippen LogP contribution is 2.28. The summed E-state index contributed by atoms with van der Waals surface area (Å²) < 4.78 is 5.81. The highest BCUT2D eigenvalue weighted by Gasteiger charge is 2.34. The highest BCUT2D eigenvalue weighted by molar-refractivity contribution is 5.37. The molecular formula is C12H18N4O. The number of nitrogens with one attached hydrogen (secondary N) is 1. The lowest BCUT2D eigenvalue weighted by atomic mass is 10.2. The van der Waals surface area contributed by atoms with Crippen molar-refractivity contribution in [1.82, 2.24) is 15.3 Å². The molecule has 5 nitrogen and oxygen atoms in total. The fraction of sp³-hybridized carbons (Fsp3) is 0.667. The number of fused-ring (bicyclic) bond motifs is 2. The third-order valence-electron chi connectivity index (χ3n) is 3.42. The maximum absolute atomic E-state index is 5.81. The minimum atomic E-state index is 0.396. The topological polar surface area (TPSA) is 50.3 Å². The molecule has 0 aromatic carbocycles. The van der Waals surface area contributed by atoms with Crippen LogP contribution in [0.4, 0.5) is 5.82 Å². The molecule has 2 unspecified atom stereocenters. The average molecular weight is 234 g/mol. The number of ether oxygens (including phenoxy) is 1. The van der Waals surface area contributed by atoms with Gasteiger partial charge in [-0.1, -0.05) is 0 Å². The van der Waals surface area contributed by atoms with E-state index in [0.717, 1.165) is 31.1 Å². The fourth-order valence-electron chi connectivity index (χ4n) is 2.59. The maximum Gasteiger partial charge on any atom is 0.147 e. The van der Waals surface area contributed by atoms with Crippen LogP contribution in [0, 0.1) is 0 Å². The number of aromatic nitrogens is 2. The van der Waals surface area contributed by atoms with Crippen molar-refractivity contribution in [3.05, 3.63) is 18.1 Å². The van der Waals surface area contributed by atoms with E-state index in [1.54, 1.807) is 0 Å². The van der Waals surface area contributed by atoms with E-state index in [0.29, 0.717) is 12.2 Å². The van der Waals surface area contributed by atoms with Gasteiger partial charge in [0.15, 0.2) is 0 Å². The highest BCUT2D eigenvalue weighted by atomic mass is 16.5. The Balaban J connectivity index is 1.71. The van der Waals surface area contributed by atoms with Crippen molar-refractivity contribution in [2.24, 2.45) is 0 Å². The van der Waals surface area contributed by atoms with Crippen LogP contribution in [0.3, 0.4) is 0 Å². The molecule has 2 saturated heterocycles. The third kappa shape index (κ3) is 2.25. The van der Waals surface area contributed by atoms with Gasteiger partial charge in [-0.25, -0.2) is 4.98 Å². The molecule has 0 saturated carbocycles. The summed E-state index contributed by atoms with van der Waals surface area (Å²) in [5, 5.41) is 3.07. The van der Waals surface area contributed by atoms with Gasteiger partial charge in [-0.3, -0.25) is 4.98 Å². The van der Waals surface area contributed by atoms with E-state index in [-0.39, 0.29) is 0 Å². The molecule has 0 spiro atoms. The molecule has 0 aliphatic carbocycles. The van der Waals surface area contributed by atoms with E-state index in [1.807, 2.05) is 19.4 Å². The zero-order chi connectivity index (χ0) is 11.7. The number of nitrogens with zero attached hydrogens (tertiary/aromatic N) is 3. The number of anilines is 1. The smallest absolute Gasteiger partial charge is 0.147 e. The normalized spacial score (nSPS) is 27.5. The quantitative estimate of drug-likeness (QED) is 0.828. The van der Waals surface area contributed by atoms with Crippen molar-refractivity contribution >= 4 is 5.82 Å². The maximum atomic E-state index is 5.81. The largest absolute Gasteiger partial charge is 0.371 e. The van der Waals surface area contributed by atoms with Crippen LogP contribution in [0.1, 0.15) is 18.5 Å². The molecule has 92 valence electrons. The van der Waals surface area contributed by atoms with Crippen LogP contribution in [0.5, 0.6) is 0 Å². The van der Waals surface area contributed by atoms with Crippen LogP contribution < -0.4 is 10.2 Å². The minimum Gasteiger partial charge on any atom is -0.371 e. The van der Waals surface area contributed by atoms with Crippen molar-refractivity contribution in [2.45, 2.75) is 31.6 Å². The second kappa shape index (κ2) is 4.58. The van der Waals surface area contributed by atoms with Crippen molar-refractivity contribution < 1.29 is 4.74 Å². The number of hydrogen-bond acceptors (Lipinski definition) is 5. The van der Waals surface area contributed by atoms with Crippen molar-refractivity contribution in [3.8, 4) is 0 Å². The van der Waals surface area contributed by atoms with Crippen LogP contribution >= 0.6 is 0 Å². The fourth-order valence-corrected chi connectivity index (χ4v) is 2.59. The Morgan fingerprint density at radius 2 is 2.06 bits per heavy atom. The summed E-state index contributed by atoms with van der Waals surface area (Å²) in [6, 6.07) is 0. The lowest BCUT2D eigenvalue weighted by Crippen LogP contribution is -2.43. The lowest BCUT2D eigenvalue weighted by molar-refractivity contribution is 0.0302. The van der Waals surface area contributed by atoms with E-state index in [4.69, 9.17) is 4.74 Å². The Kier molecular flexibility index (Phi) is 2.94. The monoisotopic (exact) mass is 234 g/mol. The molecule has 17 heavy (non-hydrogen) atoms. The molecule has 1 aromatic heterocycles. The van der Waals surface area contributed by atoms with E-state index in [9.17, 15) is 0 Å². The first-order valence-corrected chi connectivity index (χ1v) is 6.21. The Bertz CT molecular complexity index is 369. The molecule has 2 aliphatic heterocycles. The molecule has 2 bridgehead atoms. The number of hydrogen-bond donors (Lipinski definition) is 1. The summed E-state index contributed by atoms with van der Waals surface area (Å²) in [6.45, 7) is 2.68. The van der Waals surface area contributed by atoms with E-state index in [2.05, 4.69) is 20.2 Å². The van der Waals surface area contributed by atoms with Crippen LogP contribution in [0.25, 0.3) is 0 Å². The molecule has 3 heterocycles. The van der Waals surface area contributed by atoms with Gasteiger partial charge in [-0.05, 0) is 19.9 Å². The number of morpholine rings is 1. The van der Waals surface area contributed by atoms with Crippen LogP contribution in [-0.2, 0) is 11.3 Å². The Morgan fingerprint density at radius 3 is 2.65 bits per heavy atom. The van der Waals surface area contributed by atoms with E-state index in [1.165, 1.54) is 12.8 Å². The Morgan fingerprint density at radius 1 is 1.29 bits per heavy atom. The van der Waals surface area contributed by atoms with Crippen molar-refractivity contribution in [2.75, 3.05) is 25.0 Å². The molecule has 3 rings (SSSR count). The van der Waals surface area contributed by atoms with Gasteiger partial charge < -0.3 is 15.0 Å². The Labute approximate surface area is 101 Å². The minimum absolute atomic E-state index is 0.396. The molecular weight excluding hydrogens is 216 g/mol. The standard InChI is InChI=1S/C12H18N4O/c1-13-4-9-5-15-12(6-14-9)16-7-10-2-3-11(8-16)17-10/h5-6,10-11,13H,2-4,7-8H2,1H3. The van der Waals surface area contributed by atoms with Crippen molar-refractivity contribution in [1.29, 1.82) is 0 Å². The first-order valence-electron chi connectivity index (χ1n) is 6.21. The average Bonchev–Trinajstić information content (AvgIpc) is 2.70. The zero-order valence-corrected chi connectivity index (χ0v) is 10.1. The predicted octanol–water partition coefficient (Wildman–Crippen LogP) is 0.564. The molecule has 1 N–H and O–H groups in total. The lowest BCUT2D eigenvalue weighted by Gasteiger charge is -2.32. The molecule has 2 aliphatic rings. The first kappa shape index (κ1) is 10.9. The van der Waals surface area contributed by atoms with Gasteiger partial charge in [0.25, 0.3) is 0 Å². The molecule has 1 aromatic rings. The van der Waals surface area contributed by atoms with Gasteiger partial charge >= 0.3 is 0 Å². The molecule has 5 heteroatoms. The summed E-state index contributed by atoms with van der Waals surface area (Å²) >= 11 is 0. The summed E-state index contributed by atoms with van der Waals surface area (Å²) in [4.78, 5) is 11.2. The first-order chi connectivity index (χ1) is 8.35. The van der Waals surface area contributed by atoms with Crippen molar-refractivity contribution in [3.63, 3.8) is 0 Å². The SMILES string of the molecule is CNCc1cnc(N2CC3CCC(C2)O3)cn1. The van der Waals surface area contributed by atoms with Crippen LogP contribution in [0.2, 0.25) is 0 Å². The van der Waals surface area contributed by atoms with Gasteiger partial charge in [-0.2, -0.15) is 0 Å². The molecule has 0 radical (unpaired) electrons. The summed E-state index contributed by atoms with van der Waals surface area (Å²) in [5.74, 6) is 0.977. The molecule has 2 fully saturated rings. The zero-order valence-electron chi connectivity index (χ0n) is 10.1. The predicted molar refractivity (Wildman–Crippen MR) is 64.9 cm³/mol. The van der Waals surface area contributed by atoms with Crippen LogP contribution in [-0.4, -0.2) is 42.3 Å². The van der Waals surface area contributed by atoms with Gasteiger partial charge in [0.2, 0.25) is 0 Å². The summed E-state index contributed by atoms with van der Waals surface area (Å²) in [7, 11) is 1.91. The molecule has 2 atom stereocenters. The van der Waals surface area contributed by atoms with Gasteiger partial charge in [0, 0.05) is 19.6 Å². The molecule has 0 amide bonds. The van der Waals surface area contributed by atoms with Gasteiger partial charge in [0.05, 0.1) is 30.3 Å². The number of rotatable bonds is 3. The van der Waals surface area contributed by atoms with Crippen LogP contribution in [0.15, 0.2) is 12.4 Å². The third-order valence-corrected chi connectivity index (χ3v) is 3.42.